The summed E-state index contributed by atoms with van der Waals surface area (Å²) >= 11 is 5.83. The number of rotatable bonds is 5. The van der Waals surface area contributed by atoms with Gasteiger partial charge < -0.3 is 14.8 Å². The van der Waals surface area contributed by atoms with E-state index in [9.17, 15) is 9.18 Å². The first-order valence-corrected chi connectivity index (χ1v) is 7.53. The number of carboxylic acid groups (broad SMARTS) is 1. The molecule has 0 bridgehead atoms. The summed E-state index contributed by atoms with van der Waals surface area (Å²) in [4.78, 5) is 11.1. The molecule has 0 saturated carbocycles. The molecule has 0 radical (unpaired) electrons. The van der Waals surface area contributed by atoms with Gasteiger partial charge in [0.05, 0.1) is 22.7 Å². The Morgan fingerprint density at radius 3 is 2.71 bits per heavy atom. The average Bonchev–Trinajstić information content (AvgIpc) is 3.03. The Balaban J connectivity index is 1.73. The van der Waals surface area contributed by atoms with E-state index in [0.717, 1.165) is 0 Å². The quantitative estimate of drug-likeness (QED) is 0.679. The molecule has 0 amide bonds. The highest BCUT2D eigenvalue weighted by atomic mass is 35.5. The van der Waals surface area contributed by atoms with E-state index >= 15 is 0 Å². The second kappa shape index (κ2) is 6.76. The summed E-state index contributed by atoms with van der Waals surface area (Å²) in [5, 5.41) is 12.3. The number of nitrogens with one attached hydrogen (secondary N) is 1. The molecule has 0 atom stereocenters. The van der Waals surface area contributed by atoms with Crippen molar-refractivity contribution in [2.24, 2.45) is 0 Å². The van der Waals surface area contributed by atoms with Crippen LogP contribution in [0.5, 0.6) is 0 Å². The highest BCUT2D eigenvalue weighted by molar-refractivity contribution is 6.33. The summed E-state index contributed by atoms with van der Waals surface area (Å²) in [6, 6.07) is 14.4. The number of benzene rings is 2. The van der Waals surface area contributed by atoms with Gasteiger partial charge in [0, 0.05) is 5.69 Å². The first-order chi connectivity index (χ1) is 11.5. The molecule has 0 aliphatic heterocycles. The van der Waals surface area contributed by atoms with Crippen LogP contribution in [0.25, 0.3) is 11.3 Å². The molecule has 1 heterocycles. The summed E-state index contributed by atoms with van der Waals surface area (Å²) in [5.74, 6) is -0.411. The van der Waals surface area contributed by atoms with E-state index < -0.39 is 5.97 Å². The molecule has 0 aliphatic rings. The Morgan fingerprint density at radius 1 is 1.17 bits per heavy atom. The molecule has 0 fully saturated rings. The average molecular weight is 346 g/mol. The van der Waals surface area contributed by atoms with Gasteiger partial charge in [-0.1, -0.05) is 23.7 Å². The van der Waals surface area contributed by atoms with E-state index in [1.165, 1.54) is 18.2 Å². The number of carboxylic acids is 1. The number of hydrogen-bond acceptors (Lipinski definition) is 3. The Bertz CT molecular complexity index is 891. The number of anilines is 1. The van der Waals surface area contributed by atoms with Crippen LogP contribution in [0.2, 0.25) is 5.02 Å². The minimum atomic E-state index is -1.09. The minimum Gasteiger partial charge on any atom is -0.478 e. The molecular formula is C18H13ClFNO3. The molecule has 0 unspecified atom stereocenters. The Kier molecular flexibility index (Phi) is 4.53. The van der Waals surface area contributed by atoms with E-state index in [1.54, 1.807) is 36.4 Å². The lowest BCUT2D eigenvalue weighted by molar-refractivity contribution is 0.0697. The second-order valence-corrected chi connectivity index (χ2v) is 5.51. The summed E-state index contributed by atoms with van der Waals surface area (Å²) in [5.41, 5.74) is 1.01. The van der Waals surface area contributed by atoms with Crippen LogP contribution in [0.4, 0.5) is 10.1 Å². The van der Waals surface area contributed by atoms with Crippen molar-refractivity contribution in [1.82, 2.24) is 0 Å². The maximum atomic E-state index is 13.7. The number of furan rings is 1. The molecule has 4 nitrogen and oxygen atoms in total. The molecule has 24 heavy (non-hydrogen) atoms. The zero-order chi connectivity index (χ0) is 17.1. The van der Waals surface area contributed by atoms with Crippen molar-refractivity contribution in [2.75, 3.05) is 5.32 Å². The lowest BCUT2D eigenvalue weighted by atomic mass is 10.1. The third-order valence-electron chi connectivity index (χ3n) is 3.46. The fraction of sp³-hybridized carbons (Fsp3) is 0.0556. The number of aromatic carboxylic acids is 1. The summed E-state index contributed by atoms with van der Waals surface area (Å²) in [6.45, 7) is 0.329. The van der Waals surface area contributed by atoms with Crippen molar-refractivity contribution in [2.45, 2.75) is 6.54 Å². The third kappa shape index (κ3) is 3.41. The maximum Gasteiger partial charge on any atom is 0.337 e. The predicted molar refractivity (Wildman–Crippen MR) is 89.8 cm³/mol. The lowest BCUT2D eigenvalue weighted by Gasteiger charge is -2.07. The van der Waals surface area contributed by atoms with E-state index in [1.807, 2.05) is 0 Å². The second-order valence-electron chi connectivity index (χ2n) is 5.10. The van der Waals surface area contributed by atoms with Crippen LogP contribution in [0.3, 0.4) is 0 Å². The molecular weight excluding hydrogens is 333 g/mol. The molecule has 3 rings (SSSR count). The number of halogens is 2. The fourth-order valence-electron chi connectivity index (χ4n) is 2.27. The maximum absolute atomic E-state index is 13.7. The van der Waals surface area contributed by atoms with Crippen LogP contribution in [0.1, 0.15) is 16.1 Å². The van der Waals surface area contributed by atoms with Gasteiger partial charge in [-0.15, -0.1) is 0 Å². The highest BCUT2D eigenvalue weighted by Gasteiger charge is 2.11. The van der Waals surface area contributed by atoms with E-state index in [2.05, 4.69) is 5.32 Å². The molecule has 0 saturated heterocycles. The zero-order valence-electron chi connectivity index (χ0n) is 12.4. The first kappa shape index (κ1) is 16.1. The minimum absolute atomic E-state index is 0.0214. The van der Waals surface area contributed by atoms with Crippen LogP contribution in [-0.2, 0) is 6.54 Å². The lowest BCUT2D eigenvalue weighted by Crippen LogP contribution is -2.02. The molecule has 3 aromatic rings. The molecule has 1 aromatic heterocycles. The normalized spacial score (nSPS) is 10.6. The van der Waals surface area contributed by atoms with Gasteiger partial charge in [-0.25, -0.2) is 9.18 Å². The van der Waals surface area contributed by atoms with Gasteiger partial charge in [-0.2, -0.15) is 0 Å². The molecule has 0 aliphatic carbocycles. The fourth-order valence-corrected chi connectivity index (χ4v) is 2.47. The largest absolute Gasteiger partial charge is 0.478 e. The topological polar surface area (TPSA) is 62.5 Å². The van der Waals surface area contributed by atoms with E-state index in [0.29, 0.717) is 29.3 Å². The standard InChI is InChI=1S/C18H13ClFNO3/c19-15-7-5-11(9-14(15)18(22)23)21-10-12-6-8-17(24-12)13-3-1-2-4-16(13)20/h1-9,21H,10H2,(H,22,23). The Morgan fingerprint density at radius 2 is 1.96 bits per heavy atom. The van der Waals surface area contributed by atoms with E-state index in [4.69, 9.17) is 21.1 Å². The molecule has 2 N–H and O–H groups in total. The predicted octanol–water partition coefficient (Wildman–Crippen LogP) is 5.05. The zero-order valence-corrected chi connectivity index (χ0v) is 13.2. The Hall–Kier alpha value is -2.79. The molecule has 0 spiro atoms. The SMILES string of the molecule is O=C(O)c1cc(NCc2ccc(-c3ccccc3F)o2)ccc1Cl. The molecule has 6 heteroatoms. The van der Waals surface area contributed by atoms with Gasteiger partial charge in [0.25, 0.3) is 0 Å². The van der Waals surface area contributed by atoms with Gasteiger partial charge in [0.2, 0.25) is 0 Å². The summed E-state index contributed by atoms with van der Waals surface area (Å²) in [7, 11) is 0. The number of hydrogen-bond donors (Lipinski definition) is 2. The van der Waals surface area contributed by atoms with Crippen molar-refractivity contribution in [3.05, 3.63) is 76.8 Å². The van der Waals surface area contributed by atoms with Gasteiger partial charge in [0.1, 0.15) is 17.3 Å². The van der Waals surface area contributed by atoms with Crippen molar-refractivity contribution < 1.29 is 18.7 Å². The van der Waals surface area contributed by atoms with Crippen LogP contribution in [0.15, 0.2) is 59.0 Å². The van der Waals surface area contributed by atoms with Crippen LogP contribution < -0.4 is 5.32 Å². The first-order valence-electron chi connectivity index (χ1n) is 7.15. The van der Waals surface area contributed by atoms with Crippen molar-refractivity contribution in [3.63, 3.8) is 0 Å². The third-order valence-corrected chi connectivity index (χ3v) is 3.79. The van der Waals surface area contributed by atoms with Crippen LogP contribution in [-0.4, -0.2) is 11.1 Å². The van der Waals surface area contributed by atoms with Gasteiger partial charge >= 0.3 is 5.97 Å². The molecule has 122 valence electrons. The summed E-state index contributed by atoms with van der Waals surface area (Å²) < 4.78 is 19.4. The van der Waals surface area contributed by atoms with Gasteiger partial charge in [0.15, 0.2) is 0 Å². The summed E-state index contributed by atoms with van der Waals surface area (Å²) in [6.07, 6.45) is 0. The Labute approximate surface area is 142 Å². The smallest absolute Gasteiger partial charge is 0.337 e. The van der Waals surface area contributed by atoms with Crippen molar-refractivity contribution in [3.8, 4) is 11.3 Å². The van der Waals surface area contributed by atoms with Gasteiger partial charge in [-0.05, 0) is 42.5 Å². The van der Waals surface area contributed by atoms with Crippen LogP contribution in [0, 0.1) is 5.82 Å². The van der Waals surface area contributed by atoms with Crippen molar-refractivity contribution >= 4 is 23.3 Å². The van der Waals surface area contributed by atoms with Gasteiger partial charge in [-0.3, -0.25) is 0 Å². The highest BCUT2D eigenvalue weighted by Crippen LogP contribution is 2.26. The monoisotopic (exact) mass is 345 g/mol. The van der Waals surface area contributed by atoms with Crippen LogP contribution >= 0.6 is 11.6 Å². The number of carbonyl (C=O) groups is 1. The van der Waals surface area contributed by atoms with E-state index in [-0.39, 0.29) is 16.4 Å². The molecule has 2 aromatic carbocycles. The van der Waals surface area contributed by atoms with Crippen molar-refractivity contribution in [1.29, 1.82) is 0 Å².